The Morgan fingerprint density at radius 1 is 1.03 bits per heavy atom. The number of H-pyrrole nitrogens is 1. The Bertz CT molecular complexity index is 1200. The molecule has 8 nitrogen and oxygen atoms in total. The van der Waals surface area contributed by atoms with Crippen molar-refractivity contribution in [3.05, 3.63) is 76.1 Å². The molecule has 5 N–H and O–H groups in total. The van der Waals surface area contributed by atoms with E-state index in [0.717, 1.165) is 23.9 Å². The molecule has 0 atom stereocenters. The van der Waals surface area contributed by atoms with Crippen LogP contribution in [0.3, 0.4) is 0 Å². The summed E-state index contributed by atoms with van der Waals surface area (Å²) in [6.07, 6.45) is -4.63. The highest BCUT2D eigenvalue weighted by Crippen LogP contribution is 2.34. The molecule has 0 fully saturated rings. The highest BCUT2D eigenvalue weighted by molar-refractivity contribution is 7.99. The number of aromatic amines is 1. The van der Waals surface area contributed by atoms with Crippen LogP contribution < -0.4 is 21.9 Å². The van der Waals surface area contributed by atoms with Crippen molar-refractivity contribution in [3.63, 3.8) is 0 Å². The first kappa shape index (κ1) is 22.9. The largest absolute Gasteiger partial charge is 0.418 e. The van der Waals surface area contributed by atoms with Gasteiger partial charge in [-0.05, 0) is 24.3 Å². The van der Waals surface area contributed by atoms with Crippen molar-refractivity contribution in [2.24, 2.45) is 0 Å². The van der Waals surface area contributed by atoms with E-state index in [1.165, 1.54) is 12.1 Å². The van der Waals surface area contributed by atoms with Crippen LogP contribution in [-0.4, -0.2) is 27.5 Å². The third-order valence-corrected chi connectivity index (χ3v) is 4.92. The van der Waals surface area contributed by atoms with Gasteiger partial charge in [-0.3, -0.25) is 19.4 Å². The third-order valence-electron chi connectivity index (χ3n) is 4.05. The number of amides is 2. The lowest BCUT2D eigenvalue weighted by atomic mass is 10.1. The second kappa shape index (κ2) is 9.56. The maximum Gasteiger partial charge on any atom is 0.418 e. The molecule has 3 rings (SSSR count). The molecule has 32 heavy (non-hydrogen) atoms. The summed E-state index contributed by atoms with van der Waals surface area (Å²) < 4.78 is 39.1. The minimum atomic E-state index is -4.63. The number of hydrogen-bond donors (Lipinski definition) is 4. The number of anilines is 3. The van der Waals surface area contributed by atoms with Crippen molar-refractivity contribution >= 4 is 40.8 Å². The quantitative estimate of drug-likeness (QED) is 0.328. The van der Waals surface area contributed by atoms with Gasteiger partial charge in [-0.25, -0.2) is 4.98 Å². The topological polar surface area (TPSA) is 130 Å². The van der Waals surface area contributed by atoms with E-state index < -0.39 is 29.1 Å². The second-order valence-electron chi connectivity index (χ2n) is 6.33. The Labute approximate surface area is 183 Å². The number of nitrogens with two attached hydrogens (primary N) is 1. The van der Waals surface area contributed by atoms with E-state index in [2.05, 4.69) is 20.6 Å². The van der Waals surface area contributed by atoms with Gasteiger partial charge in [-0.15, -0.1) is 0 Å². The van der Waals surface area contributed by atoms with Crippen molar-refractivity contribution in [1.82, 2.24) is 9.97 Å². The number of alkyl halides is 3. The molecule has 0 bridgehead atoms. The molecule has 1 aromatic heterocycles. The molecule has 3 aromatic rings. The summed E-state index contributed by atoms with van der Waals surface area (Å²) in [5.74, 6) is -1.92. The van der Waals surface area contributed by atoms with Crippen LogP contribution in [0.15, 0.2) is 64.5 Å². The summed E-state index contributed by atoms with van der Waals surface area (Å²) in [5, 5.41) is 4.52. The van der Waals surface area contributed by atoms with Gasteiger partial charge < -0.3 is 16.4 Å². The molecule has 0 saturated carbocycles. The molecule has 0 saturated heterocycles. The van der Waals surface area contributed by atoms with Crippen LogP contribution in [-0.2, 0) is 11.0 Å². The van der Waals surface area contributed by atoms with E-state index in [9.17, 15) is 27.6 Å². The smallest absolute Gasteiger partial charge is 0.382 e. The molecule has 12 heteroatoms. The molecule has 2 amide bonds. The van der Waals surface area contributed by atoms with Gasteiger partial charge in [0, 0.05) is 5.56 Å². The normalized spacial score (nSPS) is 11.1. The Morgan fingerprint density at radius 2 is 1.69 bits per heavy atom. The number of nitrogen functional groups attached to an aromatic ring is 1. The maximum absolute atomic E-state index is 13.0. The fourth-order valence-electron chi connectivity index (χ4n) is 2.59. The van der Waals surface area contributed by atoms with Gasteiger partial charge in [0.15, 0.2) is 11.0 Å². The zero-order valence-electron chi connectivity index (χ0n) is 16.2. The fourth-order valence-corrected chi connectivity index (χ4v) is 3.26. The number of para-hydroxylation sites is 1. The summed E-state index contributed by atoms with van der Waals surface area (Å²) in [6.45, 7) is 0. The molecule has 0 unspecified atom stereocenters. The molecule has 0 aliphatic heterocycles. The Morgan fingerprint density at radius 3 is 2.34 bits per heavy atom. The molecule has 1 heterocycles. The number of benzene rings is 2. The van der Waals surface area contributed by atoms with Gasteiger partial charge >= 0.3 is 6.18 Å². The number of halogens is 3. The highest BCUT2D eigenvalue weighted by atomic mass is 32.2. The van der Waals surface area contributed by atoms with Gasteiger partial charge in [-0.1, -0.05) is 42.1 Å². The average molecular weight is 463 g/mol. The van der Waals surface area contributed by atoms with E-state index in [4.69, 9.17) is 5.73 Å². The van der Waals surface area contributed by atoms with Crippen LogP contribution in [0.5, 0.6) is 0 Å². The standard InChI is InChI=1S/C20H16F3N5O3S/c21-20(22,23)12-8-4-5-9-13(12)25-14(29)10-32-19-27-16(24)15(18(31)28-19)26-17(30)11-6-2-1-3-7-11/h1-9H,10H2,(H,25,29)(H,26,30)(H3,24,27,28,31). The van der Waals surface area contributed by atoms with Gasteiger partial charge in [0.1, 0.15) is 5.69 Å². The van der Waals surface area contributed by atoms with Gasteiger partial charge in [0.2, 0.25) is 5.91 Å². The van der Waals surface area contributed by atoms with Crippen LogP contribution >= 0.6 is 11.8 Å². The lowest BCUT2D eigenvalue weighted by Gasteiger charge is -2.13. The predicted octanol–water partition coefficient (Wildman–Crippen LogP) is 3.35. The minimum Gasteiger partial charge on any atom is -0.382 e. The minimum absolute atomic E-state index is 0.0375. The number of nitrogens with zero attached hydrogens (tertiary/aromatic N) is 1. The van der Waals surface area contributed by atoms with E-state index in [-0.39, 0.29) is 28.1 Å². The van der Waals surface area contributed by atoms with E-state index in [1.54, 1.807) is 30.3 Å². The van der Waals surface area contributed by atoms with Crippen LogP contribution in [0.25, 0.3) is 0 Å². The van der Waals surface area contributed by atoms with Gasteiger partial charge in [-0.2, -0.15) is 13.2 Å². The molecular weight excluding hydrogens is 447 g/mol. The number of nitrogens with one attached hydrogen (secondary N) is 3. The van der Waals surface area contributed by atoms with E-state index in [0.29, 0.717) is 5.56 Å². The Kier molecular flexibility index (Phi) is 6.83. The van der Waals surface area contributed by atoms with Gasteiger partial charge in [0.05, 0.1) is 17.0 Å². The summed E-state index contributed by atoms with van der Waals surface area (Å²) in [4.78, 5) is 42.9. The molecule has 0 spiro atoms. The van der Waals surface area contributed by atoms with Crippen molar-refractivity contribution in [1.29, 1.82) is 0 Å². The van der Waals surface area contributed by atoms with Gasteiger partial charge in [0.25, 0.3) is 11.5 Å². The number of carbonyl (C=O) groups excluding carboxylic acids is 2. The average Bonchev–Trinajstić information content (AvgIpc) is 2.75. The number of hydrogen-bond acceptors (Lipinski definition) is 6. The number of carbonyl (C=O) groups is 2. The molecular formula is C20H16F3N5O3S. The summed E-state index contributed by atoms with van der Waals surface area (Å²) in [5.41, 5.74) is 3.70. The molecule has 166 valence electrons. The number of rotatable bonds is 6. The van der Waals surface area contributed by atoms with Crippen molar-refractivity contribution in [3.8, 4) is 0 Å². The third kappa shape index (κ3) is 5.66. The van der Waals surface area contributed by atoms with Crippen molar-refractivity contribution < 1.29 is 22.8 Å². The highest BCUT2D eigenvalue weighted by Gasteiger charge is 2.33. The first-order valence-corrected chi connectivity index (χ1v) is 9.99. The second-order valence-corrected chi connectivity index (χ2v) is 7.30. The predicted molar refractivity (Wildman–Crippen MR) is 114 cm³/mol. The monoisotopic (exact) mass is 463 g/mol. The lowest BCUT2D eigenvalue weighted by Crippen LogP contribution is -2.23. The molecule has 2 aromatic carbocycles. The van der Waals surface area contributed by atoms with Crippen LogP contribution in [0.1, 0.15) is 15.9 Å². The Hall–Kier alpha value is -3.80. The maximum atomic E-state index is 13.0. The van der Waals surface area contributed by atoms with Crippen molar-refractivity contribution in [2.45, 2.75) is 11.3 Å². The molecule has 0 radical (unpaired) electrons. The van der Waals surface area contributed by atoms with Crippen LogP contribution in [0.4, 0.5) is 30.4 Å². The number of thioether (sulfide) groups is 1. The fraction of sp³-hybridized carbons (Fsp3) is 0.100. The first-order valence-electron chi connectivity index (χ1n) is 9.00. The zero-order chi connectivity index (χ0) is 23.3. The summed E-state index contributed by atoms with van der Waals surface area (Å²) >= 11 is 0.761. The molecule has 0 aliphatic carbocycles. The first-order chi connectivity index (χ1) is 15.1. The Balaban J connectivity index is 1.66. The lowest BCUT2D eigenvalue weighted by molar-refractivity contribution is -0.137. The summed E-state index contributed by atoms with van der Waals surface area (Å²) in [7, 11) is 0. The number of aromatic nitrogens is 2. The SMILES string of the molecule is Nc1nc(SCC(=O)Nc2ccccc2C(F)(F)F)[nH]c(=O)c1NC(=O)c1ccccc1. The van der Waals surface area contributed by atoms with Crippen LogP contribution in [0, 0.1) is 0 Å². The summed E-state index contributed by atoms with van der Waals surface area (Å²) in [6, 6.07) is 12.7. The molecule has 0 aliphatic rings. The van der Waals surface area contributed by atoms with E-state index in [1.807, 2.05) is 0 Å². The van der Waals surface area contributed by atoms with E-state index >= 15 is 0 Å². The van der Waals surface area contributed by atoms with Crippen LogP contribution in [0.2, 0.25) is 0 Å². The zero-order valence-corrected chi connectivity index (χ0v) is 17.0. The van der Waals surface area contributed by atoms with Crippen molar-refractivity contribution in [2.75, 3.05) is 22.1 Å².